The van der Waals surface area contributed by atoms with Gasteiger partial charge in [-0.3, -0.25) is 0 Å². The van der Waals surface area contributed by atoms with Gasteiger partial charge in [-0.05, 0) is 52.7 Å². The minimum absolute atomic E-state index is 0.132. The molecular formula is C20H31NO5. The van der Waals surface area contributed by atoms with Gasteiger partial charge in [-0.2, -0.15) is 0 Å². The molecule has 0 aromatic heterocycles. The smallest absolute Gasteiger partial charge is 0.408 e. The molecule has 0 aliphatic carbocycles. The Bertz CT molecular complexity index is 580. The predicted molar refractivity (Wildman–Crippen MR) is 100 cm³/mol. The minimum atomic E-state index is -0.822. The van der Waals surface area contributed by atoms with Crippen LogP contribution in [0.15, 0.2) is 30.3 Å². The number of rotatable bonds is 7. The van der Waals surface area contributed by atoms with E-state index in [1.165, 1.54) is 0 Å². The molecule has 0 aliphatic rings. The largest absolute Gasteiger partial charge is 0.486 e. The van der Waals surface area contributed by atoms with Crippen molar-refractivity contribution in [1.82, 2.24) is 5.32 Å². The molecule has 26 heavy (non-hydrogen) atoms. The SMILES string of the molecule is CC(C)[C@H](Oc1ccccc1)[C@@H](C)OC(=O)[C@H](C)NC(=O)OC(C)(C)C. The van der Waals surface area contributed by atoms with E-state index in [4.69, 9.17) is 14.2 Å². The van der Waals surface area contributed by atoms with Crippen molar-refractivity contribution in [2.75, 3.05) is 0 Å². The van der Waals surface area contributed by atoms with Gasteiger partial charge < -0.3 is 19.5 Å². The van der Waals surface area contributed by atoms with Crippen LogP contribution in [-0.4, -0.2) is 35.9 Å². The van der Waals surface area contributed by atoms with E-state index < -0.39 is 29.8 Å². The number of para-hydroxylation sites is 1. The Morgan fingerprint density at radius 1 is 1.00 bits per heavy atom. The molecule has 6 heteroatoms. The van der Waals surface area contributed by atoms with Crippen molar-refractivity contribution in [2.24, 2.45) is 5.92 Å². The van der Waals surface area contributed by atoms with Crippen LogP contribution < -0.4 is 10.1 Å². The summed E-state index contributed by atoms with van der Waals surface area (Å²) in [6, 6.07) is 8.57. The second-order valence-corrected chi connectivity index (χ2v) is 7.65. The van der Waals surface area contributed by atoms with Crippen molar-refractivity contribution in [3.63, 3.8) is 0 Å². The highest BCUT2D eigenvalue weighted by Crippen LogP contribution is 2.19. The van der Waals surface area contributed by atoms with Gasteiger partial charge in [0.25, 0.3) is 0 Å². The molecule has 1 aromatic rings. The fourth-order valence-electron chi connectivity index (χ4n) is 2.33. The van der Waals surface area contributed by atoms with E-state index in [1.54, 1.807) is 34.6 Å². The van der Waals surface area contributed by atoms with Crippen LogP contribution in [0.4, 0.5) is 4.79 Å². The van der Waals surface area contributed by atoms with Crippen LogP contribution in [0.1, 0.15) is 48.5 Å². The highest BCUT2D eigenvalue weighted by Gasteiger charge is 2.29. The van der Waals surface area contributed by atoms with E-state index in [0.717, 1.165) is 0 Å². The molecular weight excluding hydrogens is 334 g/mol. The highest BCUT2D eigenvalue weighted by molar-refractivity contribution is 5.81. The van der Waals surface area contributed by atoms with Gasteiger partial charge in [0.2, 0.25) is 0 Å². The molecule has 1 rings (SSSR count). The first-order valence-corrected chi connectivity index (χ1v) is 8.91. The fourth-order valence-corrected chi connectivity index (χ4v) is 2.33. The van der Waals surface area contributed by atoms with Gasteiger partial charge in [-0.25, -0.2) is 9.59 Å². The quantitative estimate of drug-likeness (QED) is 0.741. The third-order valence-corrected chi connectivity index (χ3v) is 3.52. The number of nitrogens with one attached hydrogen (secondary N) is 1. The molecule has 0 unspecified atom stereocenters. The van der Waals surface area contributed by atoms with E-state index in [0.29, 0.717) is 5.75 Å². The van der Waals surface area contributed by atoms with Crippen molar-refractivity contribution >= 4 is 12.1 Å². The summed E-state index contributed by atoms with van der Waals surface area (Å²) in [6.45, 7) is 12.6. The van der Waals surface area contributed by atoms with E-state index >= 15 is 0 Å². The second-order valence-electron chi connectivity index (χ2n) is 7.65. The van der Waals surface area contributed by atoms with Crippen LogP contribution in [0.25, 0.3) is 0 Å². The molecule has 0 radical (unpaired) electrons. The van der Waals surface area contributed by atoms with Crippen molar-refractivity contribution in [3.8, 4) is 5.75 Å². The fraction of sp³-hybridized carbons (Fsp3) is 0.600. The summed E-state index contributed by atoms with van der Waals surface area (Å²) in [6.07, 6.45) is -1.45. The zero-order valence-corrected chi connectivity index (χ0v) is 16.7. The van der Waals surface area contributed by atoms with Gasteiger partial charge in [0.15, 0.2) is 0 Å². The Hall–Kier alpha value is -2.24. The molecule has 1 N–H and O–H groups in total. The summed E-state index contributed by atoms with van der Waals surface area (Å²) >= 11 is 0. The molecule has 0 saturated carbocycles. The number of amides is 1. The first-order chi connectivity index (χ1) is 12.0. The van der Waals surface area contributed by atoms with Crippen LogP contribution >= 0.6 is 0 Å². The zero-order valence-electron chi connectivity index (χ0n) is 16.7. The topological polar surface area (TPSA) is 73.9 Å². The minimum Gasteiger partial charge on any atom is -0.486 e. The van der Waals surface area contributed by atoms with Crippen LogP contribution in [0.2, 0.25) is 0 Å². The normalized spacial score (nSPS) is 14.9. The summed E-state index contributed by atoms with van der Waals surface area (Å²) in [5, 5.41) is 2.48. The van der Waals surface area contributed by atoms with Crippen molar-refractivity contribution in [2.45, 2.75) is 72.3 Å². The van der Waals surface area contributed by atoms with Crippen molar-refractivity contribution < 1.29 is 23.8 Å². The first kappa shape index (κ1) is 21.8. The summed E-state index contributed by atoms with van der Waals surface area (Å²) < 4.78 is 16.6. The highest BCUT2D eigenvalue weighted by atomic mass is 16.6. The second kappa shape index (κ2) is 9.46. The summed E-state index contributed by atoms with van der Waals surface area (Å²) in [4.78, 5) is 24.1. The summed E-state index contributed by atoms with van der Waals surface area (Å²) in [5.41, 5.74) is -0.632. The number of carbonyl (C=O) groups excluding carboxylic acids is 2. The molecule has 3 atom stereocenters. The first-order valence-electron chi connectivity index (χ1n) is 8.91. The van der Waals surface area contributed by atoms with Gasteiger partial charge in [-0.1, -0.05) is 32.0 Å². The number of benzene rings is 1. The molecule has 0 bridgehead atoms. The Morgan fingerprint density at radius 3 is 2.08 bits per heavy atom. The molecule has 0 saturated heterocycles. The van der Waals surface area contributed by atoms with E-state index in [9.17, 15) is 9.59 Å². The number of ether oxygens (including phenoxy) is 3. The maximum absolute atomic E-state index is 12.3. The molecule has 0 heterocycles. The van der Waals surface area contributed by atoms with Crippen molar-refractivity contribution in [3.05, 3.63) is 30.3 Å². The standard InChI is InChI=1S/C20H31NO5/c1-13(2)17(25-16-11-9-8-10-12-16)15(4)24-18(22)14(3)21-19(23)26-20(5,6)7/h8-15,17H,1-7H3,(H,21,23)/t14-,15+,17-/m0/s1. The van der Waals surface area contributed by atoms with Crippen LogP contribution in [-0.2, 0) is 14.3 Å². The number of esters is 1. The van der Waals surface area contributed by atoms with E-state index in [-0.39, 0.29) is 12.0 Å². The van der Waals surface area contributed by atoms with Crippen LogP contribution in [0.3, 0.4) is 0 Å². The molecule has 0 fully saturated rings. The molecule has 146 valence electrons. The molecule has 6 nitrogen and oxygen atoms in total. The average molecular weight is 365 g/mol. The lowest BCUT2D eigenvalue weighted by atomic mass is 10.0. The summed E-state index contributed by atoms with van der Waals surface area (Å²) in [7, 11) is 0. The Morgan fingerprint density at radius 2 is 1.58 bits per heavy atom. The predicted octanol–water partition coefficient (Wildman–Crippen LogP) is 3.93. The van der Waals surface area contributed by atoms with Gasteiger partial charge in [0, 0.05) is 0 Å². The van der Waals surface area contributed by atoms with Crippen LogP contribution in [0, 0.1) is 5.92 Å². The van der Waals surface area contributed by atoms with Crippen molar-refractivity contribution in [1.29, 1.82) is 0 Å². The van der Waals surface area contributed by atoms with Gasteiger partial charge >= 0.3 is 12.1 Å². The number of hydrogen-bond acceptors (Lipinski definition) is 5. The maximum Gasteiger partial charge on any atom is 0.408 e. The van der Waals surface area contributed by atoms with Gasteiger partial charge in [0.05, 0.1) is 0 Å². The third-order valence-electron chi connectivity index (χ3n) is 3.52. The molecule has 0 spiro atoms. The lowest BCUT2D eigenvalue weighted by molar-refractivity contribution is -0.156. The monoisotopic (exact) mass is 365 g/mol. The molecule has 0 aliphatic heterocycles. The average Bonchev–Trinajstić information content (AvgIpc) is 2.51. The van der Waals surface area contributed by atoms with Gasteiger partial charge in [0.1, 0.15) is 29.6 Å². The maximum atomic E-state index is 12.3. The Labute approximate surface area is 156 Å². The number of alkyl carbamates (subject to hydrolysis) is 1. The lowest BCUT2D eigenvalue weighted by Gasteiger charge is -2.29. The molecule has 1 aromatic carbocycles. The third kappa shape index (κ3) is 7.76. The van der Waals surface area contributed by atoms with Crippen LogP contribution in [0.5, 0.6) is 5.75 Å². The zero-order chi connectivity index (χ0) is 19.9. The van der Waals surface area contributed by atoms with E-state index in [1.807, 2.05) is 44.2 Å². The Kier molecular flexibility index (Phi) is 7.93. The summed E-state index contributed by atoms with van der Waals surface area (Å²) in [5.74, 6) is 0.312. The lowest BCUT2D eigenvalue weighted by Crippen LogP contribution is -2.45. The van der Waals surface area contributed by atoms with E-state index in [2.05, 4.69) is 5.32 Å². The Balaban J connectivity index is 2.63. The van der Waals surface area contributed by atoms with Gasteiger partial charge in [-0.15, -0.1) is 0 Å². The number of carbonyl (C=O) groups is 2. The molecule has 1 amide bonds. The number of hydrogen-bond donors (Lipinski definition) is 1.